The zero-order valence-corrected chi connectivity index (χ0v) is 17.4. The van der Waals surface area contributed by atoms with Crippen LogP contribution in [-0.2, 0) is 4.79 Å². The first-order valence-electron chi connectivity index (χ1n) is 9.64. The van der Waals surface area contributed by atoms with Crippen molar-refractivity contribution in [3.8, 4) is 0 Å². The minimum Gasteiger partial charge on any atom is -0.337 e. The van der Waals surface area contributed by atoms with Crippen LogP contribution in [0, 0.1) is 19.8 Å². The monoisotopic (exact) mass is 428 g/mol. The molecule has 156 valence electrons. The van der Waals surface area contributed by atoms with Crippen LogP contribution < -0.4 is 10.9 Å². The van der Waals surface area contributed by atoms with Crippen LogP contribution >= 0.6 is 11.6 Å². The summed E-state index contributed by atoms with van der Waals surface area (Å²) in [5.74, 6) is -0.663. The molecule has 0 aliphatic carbocycles. The molecular formula is C20H21ClN6O3. The lowest BCUT2D eigenvalue weighted by atomic mass is 9.95. The second-order valence-corrected chi connectivity index (χ2v) is 7.92. The topological polar surface area (TPSA) is 112 Å². The number of rotatable bonds is 3. The van der Waals surface area contributed by atoms with E-state index in [1.807, 2.05) is 19.1 Å². The fourth-order valence-electron chi connectivity index (χ4n) is 3.60. The molecule has 30 heavy (non-hydrogen) atoms. The number of hydrogen-bond donors (Lipinski definition) is 2. The summed E-state index contributed by atoms with van der Waals surface area (Å²) in [5.41, 5.74) is 1.96. The van der Waals surface area contributed by atoms with Gasteiger partial charge in [-0.15, -0.1) is 5.10 Å². The van der Waals surface area contributed by atoms with E-state index in [9.17, 15) is 14.4 Å². The predicted molar refractivity (Wildman–Crippen MR) is 112 cm³/mol. The smallest absolute Gasteiger partial charge is 0.276 e. The molecule has 9 nitrogen and oxygen atoms in total. The third kappa shape index (κ3) is 3.80. The van der Waals surface area contributed by atoms with Gasteiger partial charge in [-0.2, -0.15) is 0 Å². The lowest BCUT2D eigenvalue weighted by Crippen LogP contribution is -2.41. The summed E-state index contributed by atoms with van der Waals surface area (Å²) >= 11 is 6.11. The second kappa shape index (κ2) is 7.91. The molecule has 1 fully saturated rings. The molecule has 10 heteroatoms. The summed E-state index contributed by atoms with van der Waals surface area (Å²) < 4.78 is 1.31. The van der Waals surface area contributed by atoms with E-state index >= 15 is 0 Å². The number of H-pyrrole nitrogens is 1. The maximum atomic E-state index is 12.9. The van der Waals surface area contributed by atoms with Crippen molar-refractivity contribution < 1.29 is 9.59 Å². The van der Waals surface area contributed by atoms with Gasteiger partial charge in [0.1, 0.15) is 0 Å². The number of halogens is 1. The Morgan fingerprint density at radius 3 is 2.67 bits per heavy atom. The third-order valence-electron chi connectivity index (χ3n) is 5.33. The number of nitrogens with zero attached hydrogens (tertiary/aromatic N) is 4. The predicted octanol–water partition coefficient (Wildman–Crippen LogP) is 2.18. The molecule has 0 atom stereocenters. The lowest BCUT2D eigenvalue weighted by Gasteiger charge is -2.30. The van der Waals surface area contributed by atoms with Crippen molar-refractivity contribution in [2.45, 2.75) is 26.7 Å². The SMILES string of the molecule is Cc1cn2nnc(C(=O)N3CCC(C(=O)Nc4ccc(C)c(Cl)c4)CC3)c2c(=O)[nH]1. The maximum absolute atomic E-state index is 12.9. The van der Waals surface area contributed by atoms with E-state index in [2.05, 4.69) is 20.6 Å². The first-order chi connectivity index (χ1) is 14.3. The number of aromatic amines is 1. The van der Waals surface area contributed by atoms with Crippen molar-refractivity contribution in [2.75, 3.05) is 18.4 Å². The van der Waals surface area contributed by atoms with Gasteiger partial charge < -0.3 is 15.2 Å². The molecule has 1 aromatic carbocycles. The van der Waals surface area contributed by atoms with Crippen molar-refractivity contribution >= 4 is 34.6 Å². The Balaban J connectivity index is 1.42. The van der Waals surface area contributed by atoms with E-state index in [4.69, 9.17) is 11.6 Å². The van der Waals surface area contributed by atoms with Crippen molar-refractivity contribution in [1.29, 1.82) is 0 Å². The fraction of sp³-hybridized carbons (Fsp3) is 0.350. The molecule has 0 bridgehead atoms. The van der Waals surface area contributed by atoms with Gasteiger partial charge in [0.05, 0.1) is 6.20 Å². The summed E-state index contributed by atoms with van der Waals surface area (Å²) in [4.78, 5) is 42.0. The van der Waals surface area contributed by atoms with E-state index in [1.54, 1.807) is 24.1 Å². The number of amides is 2. The molecule has 2 amide bonds. The highest BCUT2D eigenvalue weighted by Crippen LogP contribution is 2.24. The number of hydrogen-bond acceptors (Lipinski definition) is 5. The number of likely N-dealkylation sites (tertiary alicyclic amines) is 1. The van der Waals surface area contributed by atoms with Gasteiger partial charge in [0.2, 0.25) is 5.91 Å². The van der Waals surface area contributed by atoms with Gasteiger partial charge in [-0.1, -0.05) is 22.9 Å². The zero-order valence-electron chi connectivity index (χ0n) is 16.6. The maximum Gasteiger partial charge on any atom is 0.276 e. The van der Waals surface area contributed by atoms with Crippen LogP contribution in [0.2, 0.25) is 5.02 Å². The number of benzene rings is 1. The molecule has 3 aromatic rings. The Hall–Kier alpha value is -3.20. The van der Waals surface area contributed by atoms with Gasteiger partial charge >= 0.3 is 0 Å². The highest BCUT2D eigenvalue weighted by atomic mass is 35.5. The minimum atomic E-state index is -0.408. The van der Waals surface area contributed by atoms with Gasteiger partial charge in [0, 0.05) is 35.4 Å². The van der Waals surface area contributed by atoms with Crippen LogP contribution in [-0.4, -0.2) is 49.6 Å². The number of carbonyl (C=O) groups excluding carboxylic acids is 2. The highest BCUT2D eigenvalue weighted by molar-refractivity contribution is 6.31. The van der Waals surface area contributed by atoms with Crippen LogP contribution in [0.15, 0.2) is 29.2 Å². The van der Waals surface area contributed by atoms with Crippen LogP contribution in [0.1, 0.15) is 34.6 Å². The van der Waals surface area contributed by atoms with Crippen LogP contribution in [0.4, 0.5) is 5.69 Å². The van der Waals surface area contributed by atoms with E-state index in [1.165, 1.54) is 4.52 Å². The van der Waals surface area contributed by atoms with Crippen molar-refractivity contribution in [2.24, 2.45) is 5.92 Å². The van der Waals surface area contributed by atoms with E-state index in [0.717, 1.165) is 5.56 Å². The Kier molecular flexibility index (Phi) is 5.29. The fourth-order valence-corrected chi connectivity index (χ4v) is 3.78. The Morgan fingerprint density at radius 2 is 1.97 bits per heavy atom. The zero-order chi connectivity index (χ0) is 21.4. The van der Waals surface area contributed by atoms with Gasteiger partial charge in [0.25, 0.3) is 11.5 Å². The molecule has 2 N–H and O–H groups in total. The Bertz CT molecular complexity index is 1190. The molecule has 2 aromatic heterocycles. The number of nitrogens with one attached hydrogen (secondary N) is 2. The highest BCUT2D eigenvalue weighted by Gasteiger charge is 2.30. The second-order valence-electron chi connectivity index (χ2n) is 7.52. The summed E-state index contributed by atoms with van der Waals surface area (Å²) in [6, 6.07) is 5.39. The number of carbonyl (C=O) groups is 2. The number of anilines is 1. The summed E-state index contributed by atoms with van der Waals surface area (Å²) in [5, 5.41) is 11.3. The van der Waals surface area contributed by atoms with Crippen LogP contribution in [0.5, 0.6) is 0 Å². The summed E-state index contributed by atoms with van der Waals surface area (Å²) in [6.45, 7) is 4.42. The van der Waals surface area contributed by atoms with Crippen LogP contribution in [0.25, 0.3) is 5.52 Å². The van der Waals surface area contributed by atoms with Crippen molar-refractivity contribution in [3.63, 3.8) is 0 Å². The molecule has 0 saturated carbocycles. The van der Waals surface area contributed by atoms with Crippen molar-refractivity contribution in [3.05, 3.63) is 56.7 Å². The van der Waals surface area contributed by atoms with Crippen molar-refractivity contribution in [1.82, 2.24) is 24.7 Å². The molecule has 0 radical (unpaired) electrons. The molecule has 3 heterocycles. The van der Waals surface area contributed by atoms with Gasteiger partial charge in [-0.05, 0) is 44.4 Å². The summed E-state index contributed by atoms with van der Waals surface area (Å²) in [6.07, 6.45) is 2.64. The molecule has 0 unspecified atom stereocenters. The quantitative estimate of drug-likeness (QED) is 0.664. The first kappa shape index (κ1) is 20.1. The first-order valence-corrected chi connectivity index (χ1v) is 10.0. The average Bonchev–Trinajstić information content (AvgIpc) is 3.14. The standard InChI is InChI=1S/C20H21ClN6O3/c1-11-3-4-14(9-15(11)21)23-18(28)13-5-7-26(8-6-13)20(30)16-17-19(29)22-12(2)10-27(17)25-24-16/h3-4,9-10,13H,5-8H2,1-2H3,(H,22,29)(H,23,28). The van der Waals surface area contributed by atoms with E-state index in [0.29, 0.717) is 42.3 Å². The summed E-state index contributed by atoms with van der Waals surface area (Å²) in [7, 11) is 0. The largest absolute Gasteiger partial charge is 0.337 e. The molecule has 0 spiro atoms. The third-order valence-corrected chi connectivity index (χ3v) is 5.74. The molecular weight excluding hydrogens is 408 g/mol. The molecule has 1 saturated heterocycles. The Morgan fingerprint density at radius 1 is 1.23 bits per heavy atom. The van der Waals surface area contributed by atoms with Crippen LogP contribution in [0.3, 0.4) is 0 Å². The van der Waals surface area contributed by atoms with E-state index in [-0.39, 0.29) is 28.9 Å². The average molecular weight is 429 g/mol. The molecule has 1 aliphatic heterocycles. The number of fused-ring (bicyclic) bond motifs is 1. The van der Waals surface area contributed by atoms with Gasteiger partial charge in [-0.25, -0.2) is 4.52 Å². The van der Waals surface area contributed by atoms with Gasteiger partial charge in [-0.3, -0.25) is 14.4 Å². The molecule has 1 aliphatic rings. The van der Waals surface area contributed by atoms with Gasteiger partial charge in [0.15, 0.2) is 11.2 Å². The van der Waals surface area contributed by atoms with E-state index < -0.39 is 5.56 Å². The number of piperidine rings is 1. The normalized spacial score (nSPS) is 14.8. The lowest BCUT2D eigenvalue weighted by molar-refractivity contribution is -0.121. The number of aromatic nitrogens is 4. The molecule has 4 rings (SSSR count). The minimum absolute atomic E-state index is 0.0217. The Labute approximate surface area is 177 Å². The number of aryl methyl sites for hydroxylation is 2.